The van der Waals surface area contributed by atoms with Crippen LogP contribution in [0.4, 0.5) is 5.69 Å². The van der Waals surface area contributed by atoms with E-state index in [1.807, 2.05) is 25.1 Å². The molecule has 10 nitrogen and oxygen atoms in total. The molecular weight excluding hydrogens is 550 g/mol. The average Bonchev–Trinajstić information content (AvgIpc) is 3.69. The van der Waals surface area contributed by atoms with Gasteiger partial charge in [0.2, 0.25) is 5.78 Å². The lowest BCUT2D eigenvalue weighted by atomic mass is 9.57. The minimum atomic E-state index is -2.64. The predicted octanol–water partition coefficient (Wildman–Crippen LogP) is 2.93. The zero-order chi connectivity index (χ0) is 31.2. The maximum atomic E-state index is 14.2. The van der Waals surface area contributed by atoms with Gasteiger partial charge in [0.25, 0.3) is 5.91 Å². The van der Waals surface area contributed by atoms with Gasteiger partial charge < -0.3 is 31.1 Å². The Labute approximate surface area is 251 Å². The molecule has 1 aromatic rings. The third-order valence-electron chi connectivity index (χ3n) is 11.2. The molecule has 232 valence electrons. The Morgan fingerprint density at radius 1 is 1.05 bits per heavy atom. The molecular formula is C33H43N3O7. The fraction of sp³-hybridized carbons (Fsp3) is 0.606. The summed E-state index contributed by atoms with van der Waals surface area (Å²) in [5, 5.41) is 46.2. The van der Waals surface area contributed by atoms with Crippen molar-refractivity contribution >= 4 is 28.9 Å². The van der Waals surface area contributed by atoms with Gasteiger partial charge >= 0.3 is 0 Å². The van der Waals surface area contributed by atoms with Crippen molar-refractivity contribution in [2.45, 2.75) is 75.9 Å². The van der Waals surface area contributed by atoms with Crippen LogP contribution in [-0.4, -0.2) is 82.6 Å². The van der Waals surface area contributed by atoms with Crippen molar-refractivity contribution < 1.29 is 34.8 Å². The number of amides is 1. The van der Waals surface area contributed by atoms with E-state index < -0.39 is 58.0 Å². The summed E-state index contributed by atoms with van der Waals surface area (Å²) in [5.41, 5.74) is 4.82. The number of hydrogen-bond acceptors (Lipinski definition) is 9. The highest BCUT2D eigenvalue weighted by atomic mass is 16.3. The third kappa shape index (κ3) is 4.39. The molecule has 5 aliphatic rings. The number of ketones is 2. The van der Waals surface area contributed by atoms with Crippen LogP contribution in [0.25, 0.3) is 5.76 Å². The van der Waals surface area contributed by atoms with E-state index in [1.54, 1.807) is 14.1 Å². The number of benzene rings is 1. The summed E-state index contributed by atoms with van der Waals surface area (Å²) < 4.78 is 0. The van der Waals surface area contributed by atoms with E-state index >= 15 is 0 Å². The number of hydrogen-bond donors (Lipinski definition) is 5. The molecule has 0 heterocycles. The van der Waals surface area contributed by atoms with Gasteiger partial charge in [-0.15, -0.1) is 0 Å². The van der Waals surface area contributed by atoms with Crippen molar-refractivity contribution in [2.75, 3.05) is 33.1 Å². The maximum Gasteiger partial charge on any atom is 0.255 e. The molecule has 0 aliphatic heterocycles. The van der Waals surface area contributed by atoms with Crippen LogP contribution >= 0.6 is 0 Å². The summed E-state index contributed by atoms with van der Waals surface area (Å²) in [7, 11) is 6.97. The zero-order valence-corrected chi connectivity index (χ0v) is 25.4. The lowest BCUT2D eigenvalue weighted by Crippen LogP contribution is -2.65. The normalized spacial score (nSPS) is 30.0. The topological polar surface area (TPSA) is 165 Å². The Hall–Kier alpha value is -3.37. The molecule has 1 spiro atoms. The second-order valence-corrected chi connectivity index (χ2v) is 14.1. The third-order valence-corrected chi connectivity index (χ3v) is 11.2. The Bertz CT molecular complexity index is 1480. The molecule has 43 heavy (non-hydrogen) atoms. The number of carbonyl (C=O) groups excluding carboxylic acids is 3. The van der Waals surface area contributed by atoms with Gasteiger partial charge in [-0.1, -0.05) is 0 Å². The summed E-state index contributed by atoms with van der Waals surface area (Å²) >= 11 is 0. The number of phenolic OH excluding ortho intramolecular Hbond substituents is 1. The van der Waals surface area contributed by atoms with Gasteiger partial charge in [-0.3, -0.25) is 19.3 Å². The standard InChI is InChI=1S/C33H43N3O7/c1-35(2)21-15-17(6-5-16-7-9-32(10-8-16)11-12-32)26(37)23-19(21)13-18-14-20-25(36(3)4)28(39)24(31(34)42)30(41)33(20,43)29(40)22(18)27(23)38/h15-16,18,20,25,37-38,41,43H,5-14H2,1-4H3,(H2,34,42)/t18-,20-,25-,33-/m0/s1. The number of aliphatic hydroxyl groups is 3. The van der Waals surface area contributed by atoms with E-state index in [2.05, 4.69) is 0 Å². The van der Waals surface area contributed by atoms with Gasteiger partial charge in [0.05, 0.1) is 11.6 Å². The van der Waals surface area contributed by atoms with Crippen molar-refractivity contribution in [3.8, 4) is 5.75 Å². The van der Waals surface area contributed by atoms with Crippen LogP contribution in [-0.2, 0) is 27.2 Å². The van der Waals surface area contributed by atoms with E-state index in [4.69, 9.17) is 5.73 Å². The highest BCUT2D eigenvalue weighted by Crippen LogP contribution is 2.58. The number of phenols is 1. The van der Waals surface area contributed by atoms with Crippen molar-refractivity contribution in [2.24, 2.45) is 28.9 Å². The number of aliphatic hydroxyl groups excluding tert-OH is 2. The Morgan fingerprint density at radius 2 is 1.70 bits per heavy atom. The second-order valence-electron chi connectivity index (χ2n) is 14.1. The van der Waals surface area contributed by atoms with Crippen LogP contribution in [0.5, 0.6) is 5.75 Å². The van der Waals surface area contributed by atoms with Gasteiger partial charge in [0, 0.05) is 31.3 Å². The van der Waals surface area contributed by atoms with E-state index in [0.29, 0.717) is 28.9 Å². The Morgan fingerprint density at radius 3 is 2.26 bits per heavy atom. The largest absolute Gasteiger partial charge is 0.508 e. The van der Waals surface area contributed by atoms with E-state index in [-0.39, 0.29) is 29.7 Å². The fourth-order valence-electron chi connectivity index (χ4n) is 8.55. The monoisotopic (exact) mass is 593 g/mol. The molecule has 0 bridgehead atoms. The molecule has 1 amide bonds. The highest BCUT2D eigenvalue weighted by molar-refractivity contribution is 6.24. The van der Waals surface area contributed by atoms with Gasteiger partial charge in [-0.2, -0.15) is 0 Å². The van der Waals surface area contributed by atoms with Crippen LogP contribution in [0, 0.1) is 23.2 Å². The predicted molar refractivity (Wildman–Crippen MR) is 161 cm³/mol. The molecule has 0 unspecified atom stereocenters. The number of anilines is 1. The molecule has 1 aromatic carbocycles. The summed E-state index contributed by atoms with van der Waals surface area (Å²) in [5.74, 6) is -5.68. The number of aryl methyl sites for hydroxylation is 1. The molecule has 5 aliphatic carbocycles. The molecule has 0 radical (unpaired) electrons. The van der Waals surface area contributed by atoms with Crippen LogP contribution in [0.2, 0.25) is 0 Å². The summed E-state index contributed by atoms with van der Waals surface area (Å²) in [4.78, 5) is 43.1. The lowest BCUT2D eigenvalue weighted by molar-refractivity contribution is -0.153. The molecule has 4 atom stereocenters. The average molecular weight is 594 g/mol. The molecule has 0 saturated heterocycles. The summed E-state index contributed by atoms with van der Waals surface area (Å²) in [6.45, 7) is 0. The van der Waals surface area contributed by atoms with Gasteiger partial charge in [0.15, 0.2) is 11.4 Å². The first-order valence-corrected chi connectivity index (χ1v) is 15.4. The van der Waals surface area contributed by atoms with Gasteiger partial charge in [-0.25, -0.2) is 0 Å². The number of fused-ring (bicyclic) bond motifs is 3. The highest BCUT2D eigenvalue weighted by Gasteiger charge is 2.64. The number of likely N-dealkylation sites (N-methyl/N-ethyl adjacent to an activating group) is 1. The van der Waals surface area contributed by atoms with Crippen LogP contribution in [0.1, 0.15) is 68.1 Å². The minimum Gasteiger partial charge on any atom is -0.508 e. The number of rotatable bonds is 6. The summed E-state index contributed by atoms with van der Waals surface area (Å²) in [6.07, 6.45) is 9.54. The first-order valence-electron chi connectivity index (χ1n) is 15.4. The zero-order valence-electron chi connectivity index (χ0n) is 25.4. The Kier molecular flexibility index (Phi) is 6.97. The van der Waals surface area contributed by atoms with Crippen molar-refractivity contribution in [3.63, 3.8) is 0 Å². The molecule has 3 saturated carbocycles. The number of aromatic hydroxyl groups is 1. The van der Waals surface area contributed by atoms with Crippen molar-refractivity contribution in [3.05, 3.63) is 39.7 Å². The molecule has 6 rings (SSSR count). The van der Waals surface area contributed by atoms with Crippen molar-refractivity contribution in [1.82, 2.24) is 4.90 Å². The van der Waals surface area contributed by atoms with E-state index in [1.165, 1.54) is 43.4 Å². The fourth-order valence-corrected chi connectivity index (χ4v) is 8.55. The van der Waals surface area contributed by atoms with Crippen LogP contribution in [0.15, 0.2) is 23.0 Å². The maximum absolute atomic E-state index is 14.2. The minimum absolute atomic E-state index is 0.0737. The van der Waals surface area contributed by atoms with E-state index in [0.717, 1.165) is 12.1 Å². The Balaban J connectivity index is 1.42. The number of carbonyl (C=O) groups is 3. The van der Waals surface area contributed by atoms with Crippen molar-refractivity contribution in [1.29, 1.82) is 0 Å². The smallest absolute Gasteiger partial charge is 0.255 e. The lowest BCUT2D eigenvalue weighted by Gasteiger charge is -2.50. The van der Waals surface area contributed by atoms with Gasteiger partial charge in [0.1, 0.15) is 22.8 Å². The first-order chi connectivity index (χ1) is 20.2. The summed E-state index contributed by atoms with van der Waals surface area (Å²) in [6, 6.07) is 0.871. The molecule has 0 aromatic heterocycles. The number of nitrogens with zero attached hydrogens (tertiary/aromatic N) is 2. The molecule has 10 heteroatoms. The number of Topliss-reactive ketones (excluding diaryl/α,β-unsaturated/α-hetero) is 2. The van der Waals surface area contributed by atoms with Crippen LogP contribution in [0.3, 0.4) is 0 Å². The van der Waals surface area contributed by atoms with Gasteiger partial charge in [-0.05, 0) is 113 Å². The number of primary amides is 1. The first kappa shape index (κ1) is 29.7. The van der Waals surface area contributed by atoms with Crippen LogP contribution < -0.4 is 10.6 Å². The SMILES string of the molecule is CN(C)c1cc(CCC2CCC3(CC2)CC3)c(O)c2c1C[C@H]1C[C@H]3[C@H](N(C)C)C(=O)C(C(N)=O)=C(O)[C@@]3(O)C(=O)C1=C2O. The molecule has 3 fully saturated rings. The number of nitrogens with two attached hydrogens (primary N) is 1. The van der Waals surface area contributed by atoms with E-state index in [9.17, 15) is 34.8 Å². The second kappa shape index (κ2) is 10.1. The molecule has 6 N–H and O–H groups in total. The quantitative estimate of drug-likeness (QED) is 0.312.